The number of nitrogens with zero attached hydrogens (tertiary/aromatic N) is 1. The number of hydrogen-bond acceptors (Lipinski definition) is 6. The number of benzene rings is 1. The average molecular weight is 389 g/mol. The third-order valence-corrected chi connectivity index (χ3v) is 5.86. The molecule has 0 bridgehead atoms. The lowest BCUT2D eigenvalue weighted by atomic mass is 10.1. The highest BCUT2D eigenvalue weighted by Gasteiger charge is 2.29. The van der Waals surface area contributed by atoms with Crippen molar-refractivity contribution in [2.75, 3.05) is 25.2 Å². The molecule has 0 unspecified atom stereocenters. The van der Waals surface area contributed by atoms with Crippen LogP contribution in [0.5, 0.6) is 11.5 Å². The predicted molar refractivity (Wildman–Crippen MR) is 96.3 cm³/mol. The second kappa shape index (κ2) is 8.53. The number of amides is 1. The van der Waals surface area contributed by atoms with Gasteiger partial charge in [-0.3, -0.25) is 4.79 Å². The molecule has 1 heterocycles. The molecule has 0 spiro atoms. The van der Waals surface area contributed by atoms with Gasteiger partial charge < -0.3 is 9.47 Å². The molecule has 1 N–H and O–H groups in total. The predicted octanol–water partition coefficient (Wildman–Crippen LogP) is 2.02. The molecule has 0 aliphatic carbocycles. The van der Waals surface area contributed by atoms with Crippen molar-refractivity contribution in [3.63, 3.8) is 0 Å². The largest absolute Gasteiger partial charge is 0.491 e. The SMILES string of the molecule is CCOc1cc(/C=N\NC(=O)C[C@@H]2CCS(=O)(=O)C2)cc(Cl)c1OC. The summed E-state index contributed by atoms with van der Waals surface area (Å²) in [6.45, 7) is 2.30. The highest BCUT2D eigenvalue weighted by atomic mass is 35.5. The molecule has 138 valence electrons. The molecule has 1 aliphatic heterocycles. The quantitative estimate of drug-likeness (QED) is 0.569. The zero-order valence-electron chi connectivity index (χ0n) is 14.1. The van der Waals surface area contributed by atoms with Gasteiger partial charge >= 0.3 is 0 Å². The molecule has 7 nitrogen and oxygen atoms in total. The van der Waals surface area contributed by atoms with E-state index in [1.807, 2.05) is 6.92 Å². The summed E-state index contributed by atoms with van der Waals surface area (Å²) >= 11 is 6.14. The summed E-state index contributed by atoms with van der Waals surface area (Å²) in [5.74, 6) is 0.686. The summed E-state index contributed by atoms with van der Waals surface area (Å²) in [5.41, 5.74) is 3.04. The Morgan fingerprint density at radius 2 is 2.24 bits per heavy atom. The fraction of sp³-hybridized carbons (Fsp3) is 0.500. The first-order valence-electron chi connectivity index (χ1n) is 7.87. The number of carbonyl (C=O) groups is 1. The van der Waals surface area contributed by atoms with E-state index in [0.29, 0.717) is 35.1 Å². The number of carbonyl (C=O) groups excluding carboxylic acids is 1. The lowest BCUT2D eigenvalue weighted by molar-refractivity contribution is -0.121. The summed E-state index contributed by atoms with van der Waals surface area (Å²) in [6.07, 6.45) is 2.10. The average Bonchev–Trinajstić information content (AvgIpc) is 2.86. The van der Waals surface area contributed by atoms with Crippen molar-refractivity contribution in [3.05, 3.63) is 22.7 Å². The molecule has 1 saturated heterocycles. The number of hydrazone groups is 1. The van der Waals surface area contributed by atoms with Crippen molar-refractivity contribution in [1.29, 1.82) is 0 Å². The molecular formula is C16H21ClN2O5S. The molecule has 1 aromatic carbocycles. The van der Waals surface area contributed by atoms with Gasteiger partial charge in [0.25, 0.3) is 0 Å². The van der Waals surface area contributed by atoms with Crippen LogP contribution in [0.15, 0.2) is 17.2 Å². The first-order chi connectivity index (χ1) is 11.8. The van der Waals surface area contributed by atoms with Gasteiger partial charge in [-0.25, -0.2) is 13.8 Å². The topological polar surface area (TPSA) is 94.1 Å². The maximum absolute atomic E-state index is 11.8. The fourth-order valence-corrected chi connectivity index (χ4v) is 4.80. The van der Waals surface area contributed by atoms with E-state index in [1.54, 1.807) is 12.1 Å². The number of methoxy groups -OCH3 is 1. The second-order valence-electron chi connectivity index (χ2n) is 5.73. The molecule has 0 aromatic heterocycles. The Morgan fingerprint density at radius 1 is 1.48 bits per heavy atom. The normalized spacial score (nSPS) is 19.1. The molecular weight excluding hydrogens is 368 g/mol. The third-order valence-electron chi connectivity index (χ3n) is 3.74. The Hall–Kier alpha value is -1.80. The van der Waals surface area contributed by atoms with Gasteiger partial charge in [0.05, 0.1) is 36.5 Å². The highest BCUT2D eigenvalue weighted by molar-refractivity contribution is 7.91. The molecule has 25 heavy (non-hydrogen) atoms. The maximum atomic E-state index is 11.8. The Labute approximate surface area is 152 Å². The molecule has 2 rings (SSSR count). The summed E-state index contributed by atoms with van der Waals surface area (Å²) in [5, 5.41) is 4.26. The van der Waals surface area contributed by atoms with Crippen LogP contribution in [0.1, 0.15) is 25.3 Å². The summed E-state index contributed by atoms with van der Waals surface area (Å²) in [7, 11) is -1.48. The first-order valence-corrected chi connectivity index (χ1v) is 10.1. The van der Waals surface area contributed by atoms with Crippen molar-refractivity contribution in [2.45, 2.75) is 19.8 Å². The van der Waals surface area contributed by atoms with E-state index in [0.717, 1.165) is 0 Å². The van der Waals surface area contributed by atoms with Gasteiger partial charge in [0.1, 0.15) is 0 Å². The lowest BCUT2D eigenvalue weighted by Gasteiger charge is -2.11. The van der Waals surface area contributed by atoms with E-state index in [-0.39, 0.29) is 29.8 Å². The number of halogens is 1. The van der Waals surface area contributed by atoms with Crippen molar-refractivity contribution >= 4 is 33.6 Å². The van der Waals surface area contributed by atoms with Gasteiger partial charge in [0, 0.05) is 6.42 Å². The second-order valence-corrected chi connectivity index (χ2v) is 8.37. The minimum atomic E-state index is -2.99. The van der Waals surface area contributed by atoms with Gasteiger partial charge in [0.2, 0.25) is 5.91 Å². The van der Waals surface area contributed by atoms with E-state index in [4.69, 9.17) is 21.1 Å². The summed E-state index contributed by atoms with van der Waals surface area (Å²) < 4.78 is 33.5. The van der Waals surface area contributed by atoms with Crippen LogP contribution < -0.4 is 14.9 Å². The van der Waals surface area contributed by atoms with Crippen molar-refractivity contribution in [2.24, 2.45) is 11.0 Å². The van der Waals surface area contributed by atoms with Crippen LogP contribution in [0.3, 0.4) is 0 Å². The first kappa shape index (κ1) is 19.5. The van der Waals surface area contributed by atoms with Crippen LogP contribution in [0, 0.1) is 5.92 Å². The minimum Gasteiger partial charge on any atom is -0.491 e. The van der Waals surface area contributed by atoms with Crippen LogP contribution >= 0.6 is 11.6 Å². The Kier molecular flexibility index (Phi) is 6.66. The number of sulfone groups is 1. The number of hydrogen-bond donors (Lipinski definition) is 1. The Balaban J connectivity index is 1.96. The monoisotopic (exact) mass is 388 g/mol. The van der Waals surface area contributed by atoms with Crippen LogP contribution in [0.4, 0.5) is 0 Å². The molecule has 1 aromatic rings. The highest BCUT2D eigenvalue weighted by Crippen LogP contribution is 2.35. The smallest absolute Gasteiger partial charge is 0.240 e. The molecule has 0 saturated carbocycles. The molecule has 1 amide bonds. The van der Waals surface area contributed by atoms with Crippen LogP contribution in [-0.2, 0) is 14.6 Å². The van der Waals surface area contributed by atoms with Gasteiger partial charge in [-0.15, -0.1) is 0 Å². The zero-order valence-corrected chi connectivity index (χ0v) is 15.7. The van der Waals surface area contributed by atoms with Gasteiger partial charge in [-0.2, -0.15) is 5.10 Å². The zero-order chi connectivity index (χ0) is 18.4. The van der Waals surface area contributed by atoms with Crippen LogP contribution in [0.25, 0.3) is 0 Å². The number of ether oxygens (including phenoxy) is 2. The third kappa shape index (κ3) is 5.61. The lowest BCUT2D eigenvalue weighted by Crippen LogP contribution is -2.21. The standard InChI is InChI=1S/C16H21ClN2O5S/c1-3-24-14-7-12(6-13(17)16(14)23-2)9-18-19-15(20)8-11-4-5-25(21,22)10-11/h6-7,9,11H,3-5,8,10H2,1-2H3,(H,19,20)/b18-9-/t11-/m0/s1. The van der Waals surface area contributed by atoms with E-state index < -0.39 is 9.84 Å². The fourth-order valence-electron chi connectivity index (χ4n) is 2.64. The van der Waals surface area contributed by atoms with Crippen molar-refractivity contribution in [3.8, 4) is 11.5 Å². The molecule has 1 fully saturated rings. The van der Waals surface area contributed by atoms with Gasteiger partial charge in [0.15, 0.2) is 21.3 Å². The van der Waals surface area contributed by atoms with Gasteiger partial charge in [-0.1, -0.05) is 11.6 Å². The number of nitrogens with one attached hydrogen (secondary N) is 1. The molecule has 0 radical (unpaired) electrons. The van der Waals surface area contributed by atoms with Crippen molar-refractivity contribution in [1.82, 2.24) is 5.43 Å². The van der Waals surface area contributed by atoms with Gasteiger partial charge in [-0.05, 0) is 37.0 Å². The Morgan fingerprint density at radius 3 is 2.84 bits per heavy atom. The van der Waals surface area contributed by atoms with E-state index in [2.05, 4.69) is 10.5 Å². The van der Waals surface area contributed by atoms with Crippen LogP contribution in [-0.4, -0.2) is 45.8 Å². The van der Waals surface area contributed by atoms with E-state index in [1.165, 1.54) is 13.3 Å². The van der Waals surface area contributed by atoms with Crippen molar-refractivity contribution < 1.29 is 22.7 Å². The van der Waals surface area contributed by atoms with E-state index in [9.17, 15) is 13.2 Å². The molecule has 1 aliphatic rings. The van der Waals surface area contributed by atoms with Crippen LogP contribution in [0.2, 0.25) is 5.02 Å². The van der Waals surface area contributed by atoms with E-state index >= 15 is 0 Å². The Bertz CT molecular complexity index is 764. The number of rotatable bonds is 7. The summed E-state index contributed by atoms with van der Waals surface area (Å²) in [6, 6.07) is 3.34. The molecule has 1 atom stereocenters. The maximum Gasteiger partial charge on any atom is 0.240 e. The summed E-state index contributed by atoms with van der Waals surface area (Å²) in [4.78, 5) is 11.8. The molecule has 9 heteroatoms. The minimum absolute atomic E-state index is 0.0654.